The maximum absolute atomic E-state index is 3.66. The third-order valence-corrected chi connectivity index (χ3v) is 4.28. The van der Waals surface area contributed by atoms with E-state index in [-0.39, 0.29) is 0 Å². The second-order valence-electron chi connectivity index (χ2n) is 5.64. The number of hydrogen-bond donors (Lipinski definition) is 1. The lowest BCUT2D eigenvalue weighted by atomic mass is 9.95. The van der Waals surface area contributed by atoms with Gasteiger partial charge in [-0.15, -0.1) is 0 Å². The molecule has 1 rings (SSSR count). The van der Waals surface area contributed by atoms with Crippen molar-refractivity contribution in [3.05, 3.63) is 34.9 Å². The molecule has 1 N–H and O–H groups in total. The number of nitrogens with one attached hydrogen (secondary N) is 1. The number of likely N-dealkylation sites (N-methyl/N-ethyl adjacent to an activating group) is 1. The molecule has 2 heteroatoms. The molecule has 0 bridgehead atoms. The van der Waals surface area contributed by atoms with Crippen LogP contribution in [-0.2, 0) is 6.42 Å². The van der Waals surface area contributed by atoms with Gasteiger partial charge in [-0.1, -0.05) is 39.0 Å². The highest BCUT2D eigenvalue weighted by molar-refractivity contribution is 5.34. The summed E-state index contributed by atoms with van der Waals surface area (Å²) < 4.78 is 0. The first-order chi connectivity index (χ1) is 9.62. The van der Waals surface area contributed by atoms with Crippen molar-refractivity contribution in [1.82, 2.24) is 10.2 Å². The Balaban J connectivity index is 2.67. The Morgan fingerprint density at radius 2 is 1.65 bits per heavy atom. The van der Waals surface area contributed by atoms with Gasteiger partial charge in [-0.05, 0) is 69.6 Å². The highest BCUT2D eigenvalue weighted by Crippen LogP contribution is 2.16. The Hall–Kier alpha value is -0.860. The van der Waals surface area contributed by atoms with Crippen molar-refractivity contribution in [2.45, 2.75) is 53.5 Å². The Bertz CT molecular complexity index is 363. The molecule has 1 unspecified atom stereocenters. The van der Waals surface area contributed by atoms with E-state index in [2.05, 4.69) is 63.0 Å². The summed E-state index contributed by atoms with van der Waals surface area (Å²) in [5, 5.41) is 3.66. The summed E-state index contributed by atoms with van der Waals surface area (Å²) in [5.74, 6) is 0. The van der Waals surface area contributed by atoms with Crippen LogP contribution >= 0.6 is 0 Å². The molecule has 0 amide bonds. The minimum absolute atomic E-state index is 0.584. The number of rotatable bonds is 9. The zero-order chi connectivity index (χ0) is 15.0. The molecular weight excluding hydrogens is 244 g/mol. The minimum Gasteiger partial charge on any atom is -0.314 e. The number of hydrogen-bond acceptors (Lipinski definition) is 2. The smallest absolute Gasteiger partial charge is 0.0120 e. The Morgan fingerprint density at radius 1 is 1.05 bits per heavy atom. The molecule has 0 radical (unpaired) electrons. The van der Waals surface area contributed by atoms with E-state index in [9.17, 15) is 0 Å². The zero-order valence-corrected chi connectivity index (χ0v) is 14.0. The average molecular weight is 276 g/mol. The van der Waals surface area contributed by atoms with Crippen LogP contribution in [0.4, 0.5) is 0 Å². The van der Waals surface area contributed by atoms with Crippen molar-refractivity contribution in [3.8, 4) is 0 Å². The van der Waals surface area contributed by atoms with Gasteiger partial charge in [0.15, 0.2) is 0 Å². The topological polar surface area (TPSA) is 15.3 Å². The molecule has 0 aliphatic heterocycles. The lowest BCUT2D eigenvalue weighted by Crippen LogP contribution is -2.36. The van der Waals surface area contributed by atoms with Gasteiger partial charge in [-0.3, -0.25) is 0 Å². The molecule has 0 saturated heterocycles. The second kappa shape index (κ2) is 9.15. The van der Waals surface area contributed by atoms with Crippen LogP contribution in [-0.4, -0.2) is 37.1 Å². The van der Waals surface area contributed by atoms with Crippen molar-refractivity contribution < 1.29 is 0 Å². The first-order valence-corrected chi connectivity index (χ1v) is 8.13. The normalized spacial score (nSPS) is 12.9. The van der Waals surface area contributed by atoms with Gasteiger partial charge in [0.2, 0.25) is 0 Å². The molecule has 0 aliphatic carbocycles. The highest BCUT2D eigenvalue weighted by Gasteiger charge is 2.13. The average Bonchev–Trinajstić information content (AvgIpc) is 2.44. The van der Waals surface area contributed by atoms with Gasteiger partial charge in [0.1, 0.15) is 0 Å². The van der Waals surface area contributed by atoms with Crippen LogP contribution in [0, 0.1) is 13.8 Å². The zero-order valence-electron chi connectivity index (χ0n) is 14.0. The Labute approximate surface area is 125 Å². The van der Waals surface area contributed by atoms with E-state index in [0.717, 1.165) is 26.1 Å². The van der Waals surface area contributed by atoms with E-state index in [1.807, 2.05) is 0 Å². The van der Waals surface area contributed by atoms with E-state index >= 15 is 0 Å². The van der Waals surface area contributed by atoms with Gasteiger partial charge in [0.05, 0.1) is 0 Å². The molecule has 1 aromatic carbocycles. The summed E-state index contributed by atoms with van der Waals surface area (Å²) in [4.78, 5) is 2.51. The van der Waals surface area contributed by atoms with E-state index in [1.165, 1.54) is 29.7 Å². The maximum atomic E-state index is 3.66. The molecule has 0 fully saturated rings. The summed E-state index contributed by atoms with van der Waals surface area (Å²) >= 11 is 0. The van der Waals surface area contributed by atoms with Gasteiger partial charge in [-0.2, -0.15) is 0 Å². The van der Waals surface area contributed by atoms with Crippen LogP contribution in [0.15, 0.2) is 18.2 Å². The molecule has 20 heavy (non-hydrogen) atoms. The molecule has 0 heterocycles. The van der Waals surface area contributed by atoms with Gasteiger partial charge >= 0.3 is 0 Å². The fourth-order valence-corrected chi connectivity index (χ4v) is 2.86. The first-order valence-electron chi connectivity index (χ1n) is 8.13. The summed E-state index contributed by atoms with van der Waals surface area (Å²) in [5.41, 5.74) is 4.38. The molecular formula is C18H32N2. The van der Waals surface area contributed by atoms with E-state index in [0.29, 0.717) is 6.04 Å². The van der Waals surface area contributed by atoms with Crippen molar-refractivity contribution in [2.75, 3.05) is 26.2 Å². The van der Waals surface area contributed by atoms with E-state index in [1.54, 1.807) is 0 Å². The van der Waals surface area contributed by atoms with Gasteiger partial charge in [0.25, 0.3) is 0 Å². The van der Waals surface area contributed by atoms with Crippen LogP contribution in [0.1, 0.15) is 43.9 Å². The van der Waals surface area contributed by atoms with Crippen LogP contribution in [0.5, 0.6) is 0 Å². The third-order valence-electron chi connectivity index (χ3n) is 4.28. The molecule has 114 valence electrons. The molecule has 0 saturated carbocycles. The molecule has 0 aromatic heterocycles. The number of aryl methyl sites for hydroxylation is 2. The van der Waals surface area contributed by atoms with Crippen LogP contribution < -0.4 is 5.32 Å². The monoisotopic (exact) mass is 276 g/mol. The number of nitrogens with zero attached hydrogens (tertiary/aromatic N) is 1. The van der Waals surface area contributed by atoms with Crippen molar-refractivity contribution in [3.63, 3.8) is 0 Å². The fourth-order valence-electron chi connectivity index (χ4n) is 2.86. The van der Waals surface area contributed by atoms with Crippen LogP contribution in [0.3, 0.4) is 0 Å². The lowest BCUT2D eigenvalue weighted by molar-refractivity contribution is 0.281. The largest absolute Gasteiger partial charge is 0.314 e. The molecule has 2 nitrogen and oxygen atoms in total. The van der Waals surface area contributed by atoms with Crippen molar-refractivity contribution in [1.29, 1.82) is 0 Å². The highest BCUT2D eigenvalue weighted by atomic mass is 15.1. The second-order valence-corrected chi connectivity index (χ2v) is 5.64. The third kappa shape index (κ3) is 5.26. The molecule has 0 spiro atoms. The summed E-state index contributed by atoms with van der Waals surface area (Å²) in [7, 11) is 0. The Morgan fingerprint density at radius 3 is 2.15 bits per heavy atom. The standard InChI is InChI=1S/C18H32N2/c1-6-19-17(12-13-20(7-2)8-3)14-18-15(4)10-9-11-16(18)5/h9-11,17,19H,6-8,12-14H2,1-5H3. The summed E-state index contributed by atoms with van der Waals surface area (Å²) in [6.45, 7) is 15.7. The maximum Gasteiger partial charge on any atom is 0.0120 e. The molecule has 1 aromatic rings. The molecule has 1 atom stereocenters. The summed E-state index contributed by atoms with van der Waals surface area (Å²) in [6.07, 6.45) is 2.37. The van der Waals surface area contributed by atoms with Crippen molar-refractivity contribution >= 4 is 0 Å². The SMILES string of the molecule is CCNC(CCN(CC)CC)Cc1c(C)cccc1C. The summed E-state index contributed by atoms with van der Waals surface area (Å²) in [6, 6.07) is 7.21. The van der Waals surface area contributed by atoms with Crippen LogP contribution in [0.2, 0.25) is 0 Å². The van der Waals surface area contributed by atoms with Crippen molar-refractivity contribution in [2.24, 2.45) is 0 Å². The minimum atomic E-state index is 0.584. The Kier molecular flexibility index (Phi) is 7.86. The van der Waals surface area contributed by atoms with Gasteiger partial charge < -0.3 is 10.2 Å². The quantitative estimate of drug-likeness (QED) is 0.742. The molecule has 0 aliphatic rings. The number of benzene rings is 1. The van der Waals surface area contributed by atoms with Gasteiger partial charge in [0, 0.05) is 6.04 Å². The lowest BCUT2D eigenvalue weighted by Gasteiger charge is -2.24. The van der Waals surface area contributed by atoms with Crippen LogP contribution in [0.25, 0.3) is 0 Å². The van der Waals surface area contributed by atoms with E-state index < -0.39 is 0 Å². The van der Waals surface area contributed by atoms with Gasteiger partial charge in [-0.25, -0.2) is 0 Å². The predicted molar refractivity (Wildman–Crippen MR) is 89.5 cm³/mol. The predicted octanol–water partition coefficient (Wildman–Crippen LogP) is 3.56. The first kappa shape index (κ1) is 17.2. The fraction of sp³-hybridized carbons (Fsp3) is 0.667. The van der Waals surface area contributed by atoms with E-state index in [4.69, 9.17) is 0 Å².